The lowest BCUT2D eigenvalue weighted by Gasteiger charge is -2.21. The third kappa shape index (κ3) is 3.09. The molecule has 6 nitrogen and oxygen atoms in total. The molecule has 0 spiro atoms. The largest absolute Gasteiger partial charge is 0.493 e. The summed E-state index contributed by atoms with van der Waals surface area (Å²) in [6, 6.07) is 4.63. The van der Waals surface area contributed by atoms with Gasteiger partial charge in [-0.1, -0.05) is 17.7 Å². The summed E-state index contributed by atoms with van der Waals surface area (Å²) in [4.78, 5) is 12.5. The molecule has 0 amide bonds. The Bertz CT molecular complexity index is 945. The molecule has 2 aromatic rings. The van der Waals surface area contributed by atoms with E-state index in [1.165, 1.54) is 27.4 Å². The molecular formula is C20H22ClNO5. The molecule has 2 N–H and O–H groups in total. The van der Waals surface area contributed by atoms with E-state index in [1.807, 2.05) is 6.07 Å². The van der Waals surface area contributed by atoms with Crippen molar-refractivity contribution in [3.63, 3.8) is 0 Å². The van der Waals surface area contributed by atoms with Gasteiger partial charge in [0.25, 0.3) is 0 Å². The molecule has 0 heterocycles. The third-order valence-corrected chi connectivity index (χ3v) is 5.25. The highest BCUT2D eigenvalue weighted by Gasteiger charge is 2.30. The SMILES string of the molecule is COc1c(Cl)c2c(c(OC)c1OC)-c1ccc(OC)c(=O)cc1[C@@H](N)CC2. The minimum absolute atomic E-state index is 0.233. The Balaban J connectivity index is 2.49. The van der Waals surface area contributed by atoms with Crippen molar-refractivity contribution < 1.29 is 18.9 Å². The number of nitrogens with two attached hydrogens (primary N) is 1. The maximum absolute atomic E-state index is 12.5. The summed E-state index contributed by atoms with van der Waals surface area (Å²) >= 11 is 6.66. The molecule has 0 aliphatic heterocycles. The second-order valence-electron chi connectivity index (χ2n) is 6.19. The number of rotatable bonds is 4. The summed E-state index contributed by atoms with van der Waals surface area (Å²) in [6.07, 6.45) is 1.22. The Hall–Kier alpha value is -2.44. The second-order valence-corrected chi connectivity index (χ2v) is 6.57. The van der Waals surface area contributed by atoms with Crippen LogP contribution in [0.4, 0.5) is 0 Å². The van der Waals surface area contributed by atoms with Crippen LogP contribution < -0.4 is 30.1 Å². The first-order valence-electron chi connectivity index (χ1n) is 8.46. The van der Waals surface area contributed by atoms with E-state index in [0.29, 0.717) is 40.7 Å². The first kappa shape index (κ1) is 19.3. The molecule has 27 heavy (non-hydrogen) atoms. The van der Waals surface area contributed by atoms with Gasteiger partial charge in [-0.25, -0.2) is 0 Å². The van der Waals surface area contributed by atoms with Gasteiger partial charge in [0.2, 0.25) is 11.2 Å². The number of methoxy groups -OCH3 is 4. The standard InChI is InChI=1S/C20H22ClNO5/c1-24-15-8-6-10-12(9-14(15)23)13(22)7-5-11-16(10)18(25-2)20(27-4)19(26-3)17(11)21/h6,8-9,13H,5,7,22H2,1-4H3/t13-/m0/s1. The van der Waals surface area contributed by atoms with Crippen LogP contribution in [0.2, 0.25) is 5.02 Å². The zero-order valence-corrected chi connectivity index (χ0v) is 16.5. The average molecular weight is 392 g/mol. The number of halogens is 1. The molecular weight excluding hydrogens is 370 g/mol. The van der Waals surface area contributed by atoms with Crippen molar-refractivity contribution in [1.29, 1.82) is 0 Å². The smallest absolute Gasteiger partial charge is 0.220 e. The van der Waals surface area contributed by atoms with Crippen LogP contribution in [0, 0.1) is 0 Å². The van der Waals surface area contributed by atoms with Gasteiger partial charge in [0.1, 0.15) is 0 Å². The zero-order chi connectivity index (χ0) is 19.7. The first-order valence-corrected chi connectivity index (χ1v) is 8.84. The molecule has 0 aromatic heterocycles. The van der Waals surface area contributed by atoms with Crippen molar-refractivity contribution in [2.24, 2.45) is 5.73 Å². The monoisotopic (exact) mass is 391 g/mol. The maximum Gasteiger partial charge on any atom is 0.220 e. The number of hydrogen-bond donors (Lipinski definition) is 1. The van der Waals surface area contributed by atoms with Gasteiger partial charge < -0.3 is 24.7 Å². The summed E-state index contributed by atoms with van der Waals surface area (Å²) in [7, 11) is 6.07. The molecule has 2 aromatic carbocycles. The van der Waals surface area contributed by atoms with Crippen molar-refractivity contribution in [2.75, 3.05) is 28.4 Å². The van der Waals surface area contributed by atoms with Crippen LogP contribution in [-0.2, 0) is 6.42 Å². The normalized spacial score (nSPS) is 15.3. The number of fused-ring (bicyclic) bond motifs is 3. The van der Waals surface area contributed by atoms with Crippen LogP contribution in [0.3, 0.4) is 0 Å². The lowest BCUT2D eigenvalue weighted by molar-refractivity contribution is 0.325. The molecule has 144 valence electrons. The van der Waals surface area contributed by atoms with Crippen LogP contribution in [-0.4, -0.2) is 28.4 Å². The minimum Gasteiger partial charge on any atom is -0.493 e. The van der Waals surface area contributed by atoms with Crippen LogP contribution in [0.15, 0.2) is 23.0 Å². The fourth-order valence-corrected chi connectivity index (χ4v) is 3.92. The summed E-state index contributed by atoms with van der Waals surface area (Å²) in [5.74, 6) is 1.53. The van der Waals surface area contributed by atoms with Crippen molar-refractivity contribution in [3.8, 4) is 34.1 Å². The summed E-state index contributed by atoms with van der Waals surface area (Å²) in [5, 5.41) is 0.450. The third-order valence-electron chi connectivity index (χ3n) is 4.85. The highest BCUT2D eigenvalue weighted by molar-refractivity contribution is 6.34. The summed E-state index contributed by atoms with van der Waals surface area (Å²) in [5.41, 5.74) is 9.23. The van der Waals surface area contributed by atoms with E-state index < -0.39 is 0 Å². The molecule has 0 saturated carbocycles. The minimum atomic E-state index is -0.338. The lowest BCUT2D eigenvalue weighted by atomic mass is 9.95. The molecule has 0 saturated heterocycles. The van der Waals surface area contributed by atoms with Gasteiger partial charge in [0.15, 0.2) is 17.2 Å². The number of benzene rings is 1. The second kappa shape index (κ2) is 7.66. The van der Waals surface area contributed by atoms with Crippen LogP contribution in [0.1, 0.15) is 23.6 Å². The van der Waals surface area contributed by atoms with Crippen molar-refractivity contribution in [1.82, 2.24) is 0 Å². The van der Waals surface area contributed by atoms with Gasteiger partial charge in [-0.15, -0.1) is 0 Å². The molecule has 7 heteroatoms. The van der Waals surface area contributed by atoms with E-state index in [0.717, 1.165) is 16.7 Å². The predicted molar refractivity (Wildman–Crippen MR) is 105 cm³/mol. The van der Waals surface area contributed by atoms with Crippen LogP contribution in [0.5, 0.6) is 23.0 Å². The Labute approximate surface area is 162 Å². The highest BCUT2D eigenvalue weighted by Crippen LogP contribution is 2.54. The summed E-state index contributed by atoms with van der Waals surface area (Å²) in [6.45, 7) is 0. The van der Waals surface area contributed by atoms with Gasteiger partial charge in [-0.3, -0.25) is 4.79 Å². The van der Waals surface area contributed by atoms with E-state index in [1.54, 1.807) is 13.2 Å². The predicted octanol–water partition coefficient (Wildman–Crippen LogP) is 3.35. The number of ether oxygens (including phenoxy) is 4. The molecule has 0 radical (unpaired) electrons. The zero-order valence-electron chi connectivity index (χ0n) is 15.7. The van der Waals surface area contributed by atoms with Gasteiger partial charge >= 0.3 is 0 Å². The molecule has 1 aliphatic carbocycles. The quantitative estimate of drug-likeness (QED) is 0.860. The Morgan fingerprint density at radius 1 is 1.00 bits per heavy atom. The molecule has 1 atom stereocenters. The first-order chi connectivity index (χ1) is 13.0. The lowest BCUT2D eigenvalue weighted by Crippen LogP contribution is -2.12. The topological polar surface area (TPSA) is 80.0 Å². The van der Waals surface area contributed by atoms with Crippen LogP contribution in [0.25, 0.3) is 11.1 Å². The van der Waals surface area contributed by atoms with Crippen LogP contribution >= 0.6 is 11.6 Å². The average Bonchev–Trinajstić information content (AvgIpc) is 2.91. The Morgan fingerprint density at radius 2 is 1.67 bits per heavy atom. The van der Waals surface area contributed by atoms with Gasteiger partial charge in [-0.05, 0) is 41.7 Å². The fourth-order valence-electron chi connectivity index (χ4n) is 3.57. The summed E-state index contributed by atoms with van der Waals surface area (Å²) < 4.78 is 21.9. The van der Waals surface area contributed by atoms with E-state index >= 15 is 0 Å². The fraction of sp³-hybridized carbons (Fsp3) is 0.350. The Morgan fingerprint density at radius 3 is 2.26 bits per heavy atom. The molecule has 0 unspecified atom stereocenters. The van der Waals surface area contributed by atoms with Crippen molar-refractivity contribution >= 4 is 11.6 Å². The van der Waals surface area contributed by atoms with E-state index in [4.69, 9.17) is 36.3 Å². The van der Waals surface area contributed by atoms with E-state index in [9.17, 15) is 4.79 Å². The molecule has 0 bridgehead atoms. The molecule has 0 fully saturated rings. The van der Waals surface area contributed by atoms with Crippen molar-refractivity contribution in [3.05, 3.63) is 44.6 Å². The van der Waals surface area contributed by atoms with Gasteiger partial charge in [0.05, 0.1) is 33.5 Å². The van der Waals surface area contributed by atoms with Gasteiger partial charge in [0, 0.05) is 11.6 Å². The molecule has 1 aliphatic rings. The molecule has 3 rings (SSSR count). The number of hydrogen-bond acceptors (Lipinski definition) is 6. The van der Waals surface area contributed by atoms with E-state index in [2.05, 4.69) is 0 Å². The maximum atomic E-state index is 12.5. The Kier molecular flexibility index (Phi) is 5.48. The van der Waals surface area contributed by atoms with Gasteiger partial charge in [-0.2, -0.15) is 0 Å². The highest BCUT2D eigenvalue weighted by atomic mass is 35.5. The van der Waals surface area contributed by atoms with Crippen molar-refractivity contribution in [2.45, 2.75) is 18.9 Å². The van der Waals surface area contributed by atoms with E-state index in [-0.39, 0.29) is 17.2 Å².